The monoisotopic (exact) mass is 482 g/mol. The Morgan fingerprint density at radius 3 is 2.54 bits per heavy atom. The van der Waals surface area contributed by atoms with Gasteiger partial charge in [0.25, 0.3) is 0 Å². The molecular formula is C26H22N6O2S. The van der Waals surface area contributed by atoms with E-state index in [1.807, 2.05) is 66.7 Å². The summed E-state index contributed by atoms with van der Waals surface area (Å²) in [7, 11) is 1.58. The fourth-order valence-corrected chi connectivity index (χ4v) is 4.48. The Morgan fingerprint density at radius 1 is 1.00 bits per heavy atom. The first-order valence-corrected chi connectivity index (χ1v) is 12.1. The molecule has 0 radical (unpaired) electrons. The standard InChI is InChI=1S/C26H22N6O2S/c1-32-16-18(14-22(26(32)33)35(27)34)24-30-21-12-7-11-20(17-8-3-2-4-9-17)23(21)25(31-24)29-15-19-10-5-6-13-28-19/h2-14,16H,15,27H2,1H3,(H,29,30,31). The van der Waals surface area contributed by atoms with E-state index in [2.05, 4.69) is 10.3 Å². The van der Waals surface area contributed by atoms with Crippen molar-refractivity contribution in [2.75, 3.05) is 5.32 Å². The molecule has 0 aliphatic carbocycles. The van der Waals surface area contributed by atoms with E-state index in [4.69, 9.17) is 15.1 Å². The van der Waals surface area contributed by atoms with E-state index in [1.165, 1.54) is 10.6 Å². The second kappa shape index (κ2) is 9.67. The number of nitrogens with one attached hydrogen (secondary N) is 1. The molecule has 0 spiro atoms. The lowest BCUT2D eigenvalue weighted by molar-refractivity contribution is 0.594. The summed E-state index contributed by atoms with van der Waals surface area (Å²) in [5, 5.41) is 9.83. The van der Waals surface area contributed by atoms with Crippen LogP contribution in [0.15, 0.2) is 94.9 Å². The Labute approximate surface area is 204 Å². The van der Waals surface area contributed by atoms with Gasteiger partial charge in [0.1, 0.15) is 5.82 Å². The SMILES string of the molecule is Cn1cc(-c2nc(NCc3ccccn3)c3c(-c4ccccc4)cccc3n2)cc([S+](N)[O-])c1=O. The molecule has 8 nitrogen and oxygen atoms in total. The van der Waals surface area contributed by atoms with Crippen molar-refractivity contribution in [3.05, 3.63) is 101 Å². The predicted octanol–water partition coefficient (Wildman–Crippen LogP) is 3.65. The Morgan fingerprint density at radius 2 is 1.80 bits per heavy atom. The van der Waals surface area contributed by atoms with E-state index >= 15 is 0 Å². The van der Waals surface area contributed by atoms with E-state index < -0.39 is 16.9 Å². The highest BCUT2D eigenvalue weighted by molar-refractivity contribution is 7.89. The summed E-state index contributed by atoms with van der Waals surface area (Å²) in [4.78, 5) is 26.4. The van der Waals surface area contributed by atoms with Crippen LogP contribution < -0.4 is 16.0 Å². The minimum atomic E-state index is -1.94. The summed E-state index contributed by atoms with van der Waals surface area (Å²) in [5.74, 6) is 1.01. The van der Waals surface area contributed by atoms with E-state index in [0.717, 1.165) is 27.7 Å². The fourth-order valence-electron chi connectivity index (χ4n) is 3.92. The fraction of sp³-hybridized carbons (Fsp3) is 0.0769. The van der Waals surface area contributed by atoms with Crippen molar-refractivity contribution in [1.29, 1.82) is 0 Å². The molecule has 0 fully saturated rings. The molecule has 9 heteroatoms. The largest absolute Gasteiger partial charge is 0.593 e. The molecule has 3 aromatic heterocycles. The first kappa shape index (κ1) is 22.7. The summed E-state index contributed by atoms with van der Waals surface area (Å²) < 4.78 is 13.3. The Bertz CT molecular complexity index is 1560. The molecule has 3 heterocycles. The van der Waals surface area contributed by atoms with Gasteiger partial charge in [-0.05, 0) is 29.3 Å². The van der Waals surface area contributed by atoms with Gasteiger partial charge in [0.05, 0.1) is 34.5 Å². The number of nitrogens with two attached hydrogens (primary N) is 1. The molecule has 0 saturated heterocycles. The minimum Gasteiger partial charge on any atom is -0.593 e. The Balaban J connectivity index is 1.71. The van der Waals surface area contributed by atoms with Crippen LogP contribution in [0.2, 0.25) is 0 Å². The lowest BCUT2D eigenvalue weighted by Crippen LogP contribution is -2.27. The Kier molecular flexibility index (Phi) is 6.28. The Hall–Kier alpha value is -4.05. The average molecular weight is 483 g/mol. The average Bonchev–Trinajstić information content (AvgIpc) is 2.89. The molecule has 5 rings (SSSR count). The second-order valence-corrected chi connectivity index (χ2v) is 8.98. The zero-order valence-electron chi connectivity index (χ0n) is 18.9. The first-order chi connectivity index (χ1) is 17.0. The van der Waals surface area contributed by atoms with Crippen LogP contribution in [-0.2, 0) is 25.0 Å². The molecule has 35 heavy (non-hydrogen) atoms. The molecule has 0 aliphatic rings. The van der Waals surface area contributed by atoms with Crippen molar-refractivity contribution in [3.63, 3.8) is 0 Å². The van der Waals surface area contributed by atoms with E-state index in [-0.39, 0.29) is 4.90 Å². The van der Waals surface area contributed by atoms with Crippen LogP contribution in [0.1, 0.15) is 5.69 Å². The zero-order valence-corrected chi connectivity index (χ0v) is 19.7. The van der Waals surface area contributed by atoms with Gasteiger partial charge in [-0.2, -0.15) is 0 Å². The van der Waals surface area contributed by atoms with Crippen LogP contribution >= 0.6 is 0 Å². The zero-order chi connectivity index (χ0) is 24.4. The molecule has 0 bridgehead atoms. The van der Waals surface area contributed by atoms with Crippen molar-refractivity contribution in [3.8, 4) is 22.5 Å². The van der Waals surface area contributed by atoms with Gasteiger partial charge in [-0.25, -0.2) is 9.97 Å². The van der Waals surface area contributed by atoms with Crippen molar-refractivity contribution in [1.82, 2.24) is 19.5 Å². The third-order valence-electron chi connectivity index (χ3n) is 5.60. The van der Waals surface area contributed by atoms with Gasteiger partial charge in [0.15, 0.2) is 5.82 Å². The molecule has 2 aromatic carbocycles. The van der Waals surface area contributed by atoms with E-state index in [1.54, 1.807) is 19.4 Å². The molecule has 3 N–H and O–H groups in total. The lowest BCUT2D eigenvalue weighted by atomic mass is 10.0. The van der Waals surface area contributed by atoms with Gasteiger partial charge in [0.2, 0.25) is 4.90 Å². The molecule has 0 aliphatic heterocycles. The van der Waals surface area contributed by atoms with Crippen molar-refractivity contribution < 1.29 is 4.55 Å². The maximum absolute atomic E-state index is 12.4. The second-order valence-electron chi connectivity index (χ2n) is 7.94. The van der Waals surface area contributed by atoms with Gasteiger partial charge in [-0.1, -0.05) is 48.5 Å². The molecular weight excluding hydrogens is 460 g/mol. The number of nitrogens with zero attached hydrogens (tertiary/aromatic N) is 4. The molecule has 5 aromatic rings. The van der Waals surface area contributed by atoms with Gasteiger partial charge < -0.3 is 14.4 Å². The number of pyridine rings is 2. The van der Waals surface area contributed by atoms with Crippen LogP contribution in [0, 0.1) is 0 Å². The number of hydrogen-bond donors (Lipinski definition) is 2. The smallest absolute Gasteiger partial charge is 0.307 e. The highest BCUT2D eigenvalue weighted by Crippen LogP contribution is 2.34. The summed E-state index contributed by atoms with van der Waals surface area (Å²) in [6, 6.07) is 23.2. The third kappa shape index (κ3) is 4.65. The molecule has 0 saturated carbocycles. The van der Waals surface area contributed by atoms with E-state index in [9.17, 15) is 9.35 Å². The maximum atomic E-state index is 12.4. The van der Waals surface area contributed by atoms with Gasteiger partial charge in [-0.3, -0.25) is 9.78 Å². The van der Waals surface area contributed by atoms with Gasteiger partial charge in [-0.15, -0.1) is 5.14 Å². The van der Waals surface area contributed by atoms with Crippen LogP contribution in [0.25, 0.3) is 33.4 Å². The number of aryl methyl sites for hydroxylation is 1. The number of anilines is 1. The number of fused-ring (bicyclic) bond motifs is 1. The number of benzene rings is 2. The van der Waals surface area contributed by atoms with Crippen LogP contribution in [-0.4, -0.2) is 24.1 Å². The number of hydrogen-bond acceptors (Lipinski definition) is 7. The minimum absolute atomic E-state index is 0.00488. The summed E-state index contributed by atoms with van der Waals surface area (Å²) in [5.41, 5.74) is 3.73. The molecule has 1 unspecified atom stereocenters. The van der Waals surface area contributed by atoms with Crippen molar-refractivity contribution in [2.24, 2.45) is 12.2 Å². The predicted molar refractivity (Wildman–Crippen MR) is 138 cm³/mol. The summed E-state index contributed by atoms with van der Waals surface area (Å²) >= 11 is -1.94. The third-order valence-corrected chi connectivity index (χ3v) is 6.32. The number of aromatic nitrogens is 4. The van der Waals surface area contributed by atoms with Crippen LogP contribution in [0.4, 0.5) is 5.82 Å². The van der Waals surface area contributed by atoms with Crippen molar-refractivity contribution >= 4 is 28.1 Å². The maximum Gasteiger partial charge on any atom is 0.307 e. The quantitative estimate of drug-likeness (QED) is 0.354. The van der Waals surface area contributed by atoms with E-state index in [0.29, 0.717) is 23.8 Å². The normalized spacial score (nSPS) is 12.0. The summed E-state index contributed by atoms with van der Waals surface area (Å²) in [6.45, 7) is 0.459. The first-order valence-electron chi connectivity index (χ1n) is 10.9. The lowest BCUT2D eigenvalue weighted by Gasteiger charge is -2.15. The highest BCUT2D eigenvalue weighted by Gasteiger charge is 2.19. The van der Waals surface area contributed by atoms with Crippen LogP contribution in [0.5, 0.6) is 0 Å². The molecule has 174 valence electrons. The topological polar surface area (TPSA) is 122 Å². The molecule has 1 atom stereocenters. The van der Waals surface area contributed by atoms with Gasteiger partial charge >= 0.3 is 5.56 Å². The molecule has 0 amide bonds. The number of rotatable bonds is 6. The summed E-state index contributed by atoms with van der Waals surface area (Å²) in [6.07, 6.45) is 3.36. The van der Waals surface area contributed by atoms with Gasteiger partial charge in [0, 0.05) is 31.1 Å². The van der Waals surface area contributed by atoms with Crippen LogP contribution in [0.3, 0.4) is 0 Å². The highest BCUT2D eigenvalue weighted by atomic mass is 32.2. The van der Waals surface area contributed by atoms with Crippen molar-refractivity contribution in [2.45, 2.75) is 11.4 Å².